The number of halogens is 2. The predicted molar refractivity (Wildman–Crippen MR) is 132 cm³/mol. The number of hydrogen-bond acceptors (Lipinski definition) is 2. The van der Waals surface area contributed by atoms with Crippen LogP contribution >= 0.6 is 23.2 Å². The summed E-state index contributed by atoms with van der Waals surface area (Å²) < 4.78 is 0. The highest BCUT2D eigenvalue weighted by Crippen LogP contribution is 2.52. The van der Waals surface area contributed by atoms with Gasteiger partial charge in [-0.2, -0.15) is 0 Å². The Labute approximate surface area is 201 Å². The molecule has 1 amide bonds. The van der Waals surface area contributed by atoms with Gasteiger partial charge in [0, 0.05) is 16.0 Å². The molecule has 2 aromatic rings. The molecule has 170 valence electrons. The molecule has 1 heterocycles. The van der Waals surface area contributed by atoms with Gasteiger partial charge in [-0.25, -0.2) is 0 Å². The van der Waals surface area contributed by atoms with Crippen LogP contribution in [0.3, 0.4) is 0 Å². The number of rotatable bonds is 8. The molecule has 3 nitrogen and oxygen atoms in total. The van der Waals surface area contributed by atoms with Crippen molar-refractivity contribution < 1.29 is 9.59 Å². The predicted octanol–water partition coefficient (Wildman–Crippen LogP) is 7.25. The van der Waals surface area contributed by atoms with E-state index in [1.807, 2.05) is 54.3 Å². The van der Waals surface area contributed by atoms with E-state index < -0.39 is 11.5 Å². The molecule has 0 unspecified atom stereocenters. The van der Waals surface area contributed by atoms with Gasteiger partial charge in [-0.05, 0) is 60.6 Å². The third-order valence-corrected chi connectivity index (χ3v) is 6.90. The molecule has 2 aromatic carbocycles. The molecule has 1 fully saturated rings. The number of hydrogen-bond donors (Lipinski definition) is 0. The van der Waals surface area contributed by atoms with E-state index >= 15 is 0 Å². The van der Waals surface area contributed by atoms with Gasteiger partial charge in [0.25, 0.3) is 0 Å². The Balaban J connectivity index is 2.23. The summed E-state index contributed by atoms with van der Waals surface area (Å²) in [6.07, 6.45) is 4.50. The fourth-order valence-electron chi connectivity index (χ4n) is 4.97. The maximum atomic E-state index is 14.0. The van der Waals surface area contributed by atoms with E-state index in [1.165, 1.54) is 0 Å². The van der Waals surface area contributed by atoms with Crippen molar-refractivity contribution in [2.45, 2.75) is 58.0 Å². The SMILES string of the molecule is C=CC[C@@]1(C)C[C@H](c2cccc(Cl)c2)[C@@H](c2ccc(Cl)cc2)N([C@H](C=O)CC(C)C)C1=O. The minimum Gasteiger partial charge on any atom is -0.325 e. The topological polar surface area (TPSA) is 37.4 Å². The monoisotopic (exact) mass is 471 g/mol. The van der Waals surface area contributed by atoms with E-state index in [0.29, 0.717) is 29.3 Å². The second-order valence-electron chi connectivity index (χ2n) is 9.46. The van der Waals surface area contributed by atoms with Crippen LogP contribution in [0.4, 0.5) is 0 Å². The van der Waals surface area contributed by atoms with Crippen LogP contribution in [0, 0.1) is 11.3 Å². The van der Waals surface area contributed by atoms with Gasteiger partial charge in [0.05, 0.1) is 17.5 Å². The van der Waals surface area contributed by atoms with Crippen molar-refractivity contribution >= 4 is 35.4 Å². The first-order valence-corrected chi connectivity index (χ1v) is 11.9. The first-order chi connectivity index (χ1) is 15.2. The van der Waals surface area contributed by atoms with Crippen LogP contribution < -0.4 is 0 Å². The number of aldehydes is 1. The van der Waals surface area contributed by atoms with Gasteiger partial charge in [-0.15, -0.1) is 6.58 Å². The summed E-state index contributed by atoms with van der Waals surface area (Å²) in [7, 11) is 0. The zero-order valence-electron chi connectivity index (χ0n) is 18.9. The lowest BCUT2D eigenvalue weighted by Gasteiger charge is -2.51. The molecule has 0 saturated carbocycles. The van der Waals surface area contributed by atoms with Gasteiger partial charge in [-0.3, -0.25) is 4.79 Å². The minimum absolute atomic E-state index is 0.00613. The average Bonchev–Trinajstić information content (AvgIpc) is 2.75. The fourth-order valence-corrected chi connectivity index (χ4v) is 5.29. The number of carbonyl (C=O) groups is 2. The minimum atomic E-state index is -0.657. The van der Waals surface area contributed by atoms with Crippen LogP contribution in [-0.4, -0.2) is 23.1 Å². The number of allylic oxidation sites excluding steroid dienone is 1. The van der Waals surface area contributed by atoms with Crippen LogP contribution in [0.2, 0.25) is 10.0 Å². The smallest absolute Gasteiger partial charge is 0.229 e. The van der Waals surface area contributed by atoms with Crippen molar-refractivity contribution in [2.75, 3.05) is 0 Å². The van der Waals surface area contributed by atoms with Gasteiger partial charge in [0.2, 0.25) is 5.91 Å². The fraction of sp³-hybridized carbons (Fsp3) is 0.407. The van der Waals surface area contributed by atoms with E-state index in [4.69, 9.17) is 23.2 Å². The lowest BCUT2D eigenvalue weighted by atomic mass is 9.67. The Morgan fingerprint density at radius 1 is 1.12 bits per heavy atom. The number of carbonyl (C=O) groups excluding carboxylic acids is 2. The molecule has 0 bridgehead atoms. The summed E-state index contributed by atoms with van der Waals surface area (Å²) in [6, 6.07) is 14.6. The molecule has 0 aromatic heterocycles. The zero-order chi connectivity index (χ0) is 23.5. The van der Waals surface area contributed by atoms with Gasteiger partial charge in [-0.1, -0.05) is 74.3 Å². The van der Waals surface area contributed by atoms with Crippen molar-refractivity contribution in [3.63, 3.8) is 0 Å². The van der Waals surface area contributed by atoms with E-state index in [9.17, 15) is 9.59 Å². The molecule has 1 aliphatic rings. The van der Waals surface area contributed by atoms with Crippen molar-refractivity contribution in [2.24, 2.45) is 11.3 Å². The molecule has 3 rings (SSSR count). The van der Waals surface area contributed by atoms with Crippen LogP contribution in [0.1, 0.15) is 63.1 Å². The Morgan fingerprint density at radius 2 is 1.81 bits per heavy atom. The zero-order valence-corrected chi connectivity index (χ0v) is 20.4. The maximum Gasteiger partial charge on any atom is 0.229 e. The van der Waals surface area contributed by atoms with Gasteiger partial charge in [0.1, 0.15) is 6.29 Å². The van der Waals surface area contributed by atoms with Crippen LogP contribution in [-0.2, 0) is 9.59 Å². The number of benzene rings is 2. The quantitative estimate of drug-likeness (QED) is 0.300. The second kappa shape index (κ2) is 10.2. The number of amides is 1. The molecule has 0 N–H and O–H groups in total. The third kappa shape index (κ3) is 5.10. The Morgan fingerprint density at radius 3 is 2.38 bits per heavy atom. The van der Waals surface area contributed by atoms with E-state index in [1.54, 1.807) is 6.08 Å². The van der Waals surface area contributed by atoms with Crippen LogP contribution in [0.25, 0.3) is 0 Å². The lowest BCUT2D eigenvalue weighted by Crippen LogP contribution is -2.56. The second-order valence-corrected chi connectivity index (χ2v) is 10.3. The Bertz CT molecular complexity index is 972. The van der Waals surface area contributed by atoms with Crippen LogP contribution in [0.5, 0.6) is 0 Å². The summed E-state index contributed by atoms with van der Waals surface area (Å²) in [5.41, 5.74) is 1.36. The average molecular weight is 472 g/mol. The van der Waals surface area contributed by atoms with Crippen molar-refractivity contribution in [1.82, 2.24) is 4.90 Å². The molecule has 32 heavy (non-hydrogen) atoms. The molecular weight excluding hydrogens is 441 g/mol. The summed E-state index contributed by atoms with van der Waals surface area (Å²) in [4.78, 5) is 28.1. The van der Waals surface area contributed by atoms with Crippen molar-refractivity contribution in [3.8, 4) is 0 Å². The highest BCUT2D eigenvalue weighted by molar-refractivity contribution is 6.30. The first kappa shape index (κ1) is 24.5. The Hall–Kier alpha value is -2.10. The van der Waals surface area contributed by atoms with E-state index in [2.05, 4.69) is 26.5 Å². The molecule has 0 aliphatic carbocycles. The summed E-state index contributed by atoms with van der Waals surface area (Å²) >= 11 is 12.5. The number of piperidine rings is 1. The van der Waals surface area contributed by atoms with Crippen molar-refractivity contribution in [1.29, 1.82) is 0 Å². The van der Waals surface area contributed by atoms with Gasteiger partial charge >= 0.3 is 0 Å². The highest BCUT2D eigenvalue weighted by atomic mass is 35.5. The molecule has 0 radical (unpaired) electrons. The highest BCUT2D eigenvalue weighted by Gasteiger charge is 2.51. The number of nitrogens with zero attached hydrogens (tertiary/aromatic N) is 1. The van der Waals surface area contributed by atoms with Gasteiger partial charge < -0.3 is 9.69 Å². The van der Waals surface area contributed by atoms with E-state index in [-0.39, 0.29) is 23.8 Å². The van der Waals surface area contributed by atoms with Crippen molar-refractivity contribution in [3.05, 3.63) is 82.4 Å². The molecular formula is C27H31Cl2NO2. The normalized spacial score (nSPS) is 24.4. The van der Waals surface area contributed by atoms with Gasteiger partial charge in [0.15, 0.2) is 0 Å². The summed E-state index contributed by atoms with van der Waals surface area (Å²) in [5, 5.41) is 1.28. The standard InChI is InChI=1S/C27H31Cl2NO2/c1-5-13-27(4)16-24(20-7-6-8-22(29)15-20)25(19-9-11-21(28)12-10-19)30(26(27)32)23(17-31)14-18(2)3/h5-12,15,17-18,23-25H,1,13-14,16H2,2-4H3/t23-,24+,25+,27-/m0/s1. The lowest BCUT2D eigenvalue weighted by molar-refractivity contribution is -0.156. The summed E-state index contributed by atoms with van der Waals surface area (Å²) in [5.74, 6) is 0.224. The Kier molecular flexibility index (Phi) is 7.84. The molecule has 0 spiro atoms. The van der Waals surface area contributed by atoms with E-state index in [0.717, 1.165) is 17.4 Å². The molecule has 1 aliphatic heterocycles. The number of likely N-dealkylation sites (tertiary alicyclic amines) is 1. The third-order valence-electron chi connectivity index (χ3n) is 6.41. The molecule has 4 atom stereocenters. The first-order valence-electron chi connectivity index (χ1n) is 11.1. The van der Waals surface area contributed by atoms with Crippen LogP contribution in [0.15, 0.2) is 61.2 Å². The summed E-state index contributed by atoms with van der Waals surface area (Å²) in [6.45, 7) is 10.0. The largest absolute Gasteiger partial charge is 0.325 e. The molecule has 5 heteroatoms. The molecule has 1 saturated heterocycles. The maximum absolute atomic E-state index is 14.0.